The molecule has 24 heavy (non-hydrogen) atoms. The number of carbonyl (C=O) groups excluding carboxylic acids is 1. The summed E-state index contributed by atoms with van der Waals surface area (Å²) < 4.78 is 0. The van der Waals surface area contributed by atoms with Crippen LogP contribution in [0.1, 0.15) is 11.1 Å². The Kier molecular flexibility index (Phi) is 5.11. The van der Waals surface area contributed by atoms with E-state index in [1.807, 2.05) is 42.6 Å². The van der Waals surface area contributed by atoms with Gasteiger partial charge in [0.15, 0.2) is 0 Å². The fourth-order valence-corrected chi connectivity index (χ4v) is 2.90. The molecule has 1 N–H and O–H groups in total. The van der Waals surface area contributed by atoms with Gasteiger partial charge in [-0.2, -0.15) is 0 Å². The fourth-order valence-electron chi connectivity index (χ4n) is 2.90. The minimum absolute atomic E-state index is 0.0459. The standard InChI is InChI=1S/C19H24N4O/c1-15-6-7-17(13-16(15)2)21-19(24)14-22-9-11-23(12-10-22)18-5-3-4-8-20-18/h3-8,13H,9-12,14H2,1-2H3,(H,21,24). The molecule has 5 heteroatoms. The van der Waals surface area contributed by atoms with Gasteiger partial charge in [-0.1, -0.05) is 12.1 Å². The third-order valence-electron chi connectivity index (χ3n) is 4.50. The maximum atomic E-state index is 12.2. The molecule has 0 spiro atoms. The average Bonchev–Trinajstić information content (AvgIpc) is 2.59. The number of carbonyl (C=O) groups is 1. The Morgan fingerprint density at radius 2 is 1.88 bits per heavy atom. The Morgan fingerprint density at radius 1 is 1.08 bits per heavy atom. The van der Waals surface area contributed by atoms with Crippen molar-refractivity contribution >= 4 is 17.4 Å². The topological polar surface area (TPSA) is 48.5 Å². The molecule has 1 aromatic carbocycles. The summed E-state index contributed by atoms with van der Waals surface area (Å²) in [5.74, 6) is 1.06. The minimum Gasteiger partial charge on any atom is -0.354 e. The van der Waals surface area contributed by atoms with Crippen LogP contribution in [0.15, 0.2) is 42.6 Å². The first-order chi connectivity index (χ1) is 11.6. The summed E-state index contributed by atoms with van der Waals surface area (Å²) in [6, 6.07) is 12.0. The van der Waals surface area contributed by atoms with Crippen molar-refractivity contribution in [3.8, 4) is 0 Å². The molecule has 0 saturated carbocycles. The van der Waals surface area contributed by atoms with Crippen molar-refractivity contribution in [2.75, 3.05) is 42.9 Å². The first-order valence-corrected chi connectivity index (χ1v) is 8.37. The smallest absolute Gasteiger partial charge is 0.238 e. The number of piperazine rings is 1. The molecule has 2 heterocycles. The number of pyridine rings is 1. The quantitative estimate of drug-likeness (QED) is 0.938. The van der Waals surface area contributed by atoms with E-state index in [4.69, 9.17) is 0 Å². The monoisotopic (exact) mass is 324 g/mol. The Labute approximate surface area is 143 Å². The van der Waals surface area contributed by atoms with Crippen molar-refractivity contribution in [1.29, 1.82) is 0 Å². The van der Waals surface area contributed by atoms with Crippen LogP contribution in [0.5, 0.6) is 0 Å². The van der Waals surface area contributed by atoms with Gasteiger partial charge >= 0.3 is 0 Å². The summed E-state index contributed by atoms with van der Waals surface area (Å²) in [6.07, 6.45) is 1.82. The van der Waals surface area contributed by atoms with Crippen molar-refractivity contribution in [3.05, 3.63) is 53.7 Å². The number of aryl methyl sites for hydroxylation is 2. The lowest BCUT2D eigenvalue weighted by Crippen LogP contribution is -2.48. The first kappa shape index (κ1) is 16.5. The Bertz CT molecular complexity index is 694. The number of rotatable bonds is 4. The van der Waals surface area contributed by atoms with E-state index >= 15 is 0 Å². The van der Waals surface area contributed by atoms with E-state index in [-0.39, 0.29) is 5.91 Å². The van der Waals surface area contributed by atoms with Crippen LogP contribution in [0.3, 0.4) is 0 Å². The predicted molar refractivity (Wildman–Crippen MR) is 97.4 cm³/mol. The van der Waals surface area contributed by atoms with Crippen LogP contribution < -0.4 is 10.2 Å². The van der Waals surface area contributed by atoms with Crippen LogP contribution in [0, 0.1) is 13.8 Å². The van der Waals surface area contributed by atoms with E-state index in [1.165, 1.54) is 11.1 Å². The molecule has 0 atom stereocenters. The van der Waals surface area contributed by atoms with Gasteiger partial charge in [0.2, 0.25) is 5.91 Å². The summed E-state index contributed by atoms with van der Waals surface area (Å²) in [5, 5.41) is 2.99. The van der Waals surface area contributed by atoms with Gasteiger partial charge in [-0.05, 0) is 49.2 Å². The summed E-state index contributed by atoms with van der Waals surface area (Å²) in [7, 11) is 0. The number of anilines is 2. The zero-order chi connectivity index (χ0) is 16.9. The van der Waals surface area contributed by atoms with Gasteiger partial charge in [-0.25, -0.2) is 4.98 Å². The van der Waals surface area contributed by atoms with Gasteiger partial charge in [0.25, 0.3) is 0 Å². The van der Waals surface area contributed by atoms with Crippen molar-refractivity contribution < 1.29 is 4.79 Å². The van der Waals surface area contributed by atoms with Crippen molar-refractivity contribution in [1.82, 2.24) is 9.88 Å². The summed E-state index contributed by atoms with van der Waals surface area (Å²) in [5.41, 5.74) is 3.30. The third kappa shape index (κ3) is 4.11. The molecule has 1 aliphatic heterocycles. The number of nitrogens with zero attached hydrogens (tertiary/aromatic N) is 3. The lowest BCUT2D eigenvalue weighted by Gasteiger charge is -2.34. The molecule has 1 fully saturated rings. The Hall–Kier alpha value is -2.40. The highest BCUT2D eigenvalue weighted by Crippen LogP contribution is 2.15. The molecule has 126 valence electrons. The average molecular weight is 324 g/mol. The van der Waals surface area contributed by atoms with Crippen LogP contribution >= 0.6 is 0 Å². The van der Waals surface area contributed by atoms with Gasteiger partial charge in [0, 0.05) is 38.1 Å². The molecular formula is C19H24N4O. The van der Waals surface area contributed by atoms with Gasteiger partial charge in [0.05, 0.1) is 6.54 Å². The molecule has 1 aliphatic rings. The van der Waals surface area contributed by atoms with Gasteiger partial charge in [-0.3, -0.25) is 9.69 Å². The number of benzene rings is 1. The number of amides is 1. The fraction of sp³-hybridized carbons (Fsp3) is 0.368. The lowest BCUT2D eigenvalue weighted by atomic mass is 10.1. The second kappa shape index (κ2) is 7.45. The van der Waals surface area contributed by atoms with Crippen molar-refractivity contribution in [3.63, 3.8) is 0 Å². The number of nitrogens with one attached hydrogen (secondary N) is 1. The highest BCUT2D eigenvalue weighted by Gasteiger charge is 2.19. The normalized spacial score (nSPS) is 15.3. The summed E-state index contributed by atoms with van der Waals surface area (Å²) >= 11 is 0. The molecule has 0 radical (unpaired) electrons. The highest BCUT2D eigenvalue weighted by atomic mass is 16.2. The molecule has 0 bridgehead atoms. The van der Waals surface area contributed by atoms with Crippen LogP contribution in [0.4, 0.5) is 11.5 Å². The van der Waals surface area contributed by atoms with E-state index in [9.17, 15) is 4.79 Å². The van der Waals surface area contributed by atoms with Crippen molar-refractivity contribution in [2.45, 2.75) is 13.8 Å². The van der Waals surface area contributed by atoms with Crippen LogP contribution in [-0.2, 0) is 4.79 Å². The maximum Gasteiger partial charge on any atom is 0.238 e. The van der Waals surface area contributed by atoms with E-state index in [0.717, 1.165) is 37.7 Å². The molecular weight excluding hydrogens is 300 g/mol. The second-order valence-electron chi connectivity index (χ2n) is 6.30. The molecule has 1 saturated heterocycles. The van der Waals surface area contributed by atoms with Gasteiger partial charge < -0.3 is 10.2 Å². The Morgan fingerprint density at radius 3 is 2.54 bits per heavy atom. The molecule has 2 aromatic rings. The predicted octanol–water partition coefficient (Wildman–Crippen LogP) is 2.46. The third-order valence-corrected chi connectivity index (χ3v) is 4.50. The van der Waals surface area contributed by atoms with E-state index in [0.29, 0.717) is 6.54 Å². The largest absolute Gasteiger partial charge is 0.354 e. The number of hydrogen-bond acceptors (Lipinski definition) is 4. The maximum absolute atomic E-state index is 12.2. The number of hydrogen-bond donors (Lipinski definition) is 1. The zero-order valence-electron chi connectivity index (χ0n) is 14.3. The van der Waals surface area contributed by atoms with Gasteiger partial charge in [0.1, 0.15) is 5.82 Å². The molecule has 1 aromatic heterocycles. The van der Waals surface area contributed by atoms with Crippen LogP contribution in [0.25, 0.3) is 0 Å². The van der Waals surface area contributed by atoms with E-state index in [1.54, 1.807) is 0 Å². The van der Waals surface area contributed by atoms with Crippen LogP contribution in [0.2, 0.25) is 0 Å². The summed E-state index contributed by atoms with van der Waals surface area (Å²) in [4.78, 5) is 21.1. The lowest BCUT2D eigenvalue weighted by molar-refractivity contribution is -0.117. The molecule has 3 rings (SSSR count). The van der Waals surface area contributed by atoms with E-state index in [2.05, 4.69) is 33.9 Å². The van der Waals surface area contributed by atoms with Gasteiger partial charge in [-0.15, -0.1) is 0 Å². The zero-order valence-corrected chi connectivity index (χ0v) is 14.3. The molecule has 1 amide bonds. The molecule has 0 unspecified atom stereocenters. The summed E-state index contributed by atoms with van der Waals surface area (Å²) in [6.45, 7) is 8.10. The number of aromatic nitrogens is 1. The molecule has 0 aliphatic carbocycles. The SMILES string of the molecule is Cc1ccc(NC(=O)CN2CCN(c3ccccn3)CC2)cc1C. The first-order valence-electron chi connectivity index (χ1n) is 8.37. The second-order valence-corrected chi connectivity index (χ2v) is 6.30. The van der Waals surface area contributed by atoms with Crippen LogP contribution in [-0.4, -0.2) is 48.5 Å². The minimum atomic E-state index is 0.0459. The van der Waals surface area contributed by atoms with E-state index < -0.39 is 0 Å². The highest BCUT2D eigenvalue weighted by molar-refractivity contribution is 5.92. The Balaban J connectivity index is 1.49. The van der Waals surface area contributed by atoms with Crippen molar-refractivity contribution in [2.24, 2.45) is 0 Å². The molecule has 5 nitrogen and oxygen atoms in total.